The monoisotopic (exact) mass is 316 g/mol. The highest BCUT2D eigenvalue weighted by Gasteiger charge is 2.45. The molecule has 2 saturated heterocycles. The van der Waals surface area contributed by atoms with E-state index < -0.39 is 24.3 Å². The maximum atomic E-state index is 12.0. The zero-order valence-corrected chi connectivity index (χ0v) is 12.4. The number of nitrogens with one attached hydrogen (secondary N) is 4. The molecule has 2 heterocycles. The van der Waals surface area contributed by atoms with Crippen LogP contribution in [0.15, 0.2) is 35.4 Å². The fourth-order valence-corrected chi connectivity index (χ4v) is 2.44. The lowest BCUT2D eigenvalue weighted by molar-refractivity contribution is -0.121. The van der Waals surface area contributed by atoms with Crippen molar-refractivity contribution in [1.82, 2.24) is 26.3 Å². The largest absolute Gasteiger partial charge is 0.321 e. The summed E-state index contributed by atoms with van der Waals surface area (Å²) in [6, 6.07) is 8.59. The molecule has 4 N–H and O–H groups in total. The van der Waals surface area contributed by atoms with Crippen LogP contribution in [0.4, 0.5) is 9.59 Å². The van der Waals surface area contributed by atoms with Crippen LogP contribution in [0.3, 0.4) is 0 Å². The van der Waals surface area contributed by atoms with E-state index in [1.54, 1.807) is 6.92 Å². The molecule has 0 spiro atoms. The molecule has 0 radical (unpaired) electrons. The third-order valence-corrected chi connectivity index (χ3v) is 3.61. The summed E-state index contributed by atoms with van der Waals surface area (Å²) in [4.78, 5) is 36.3. The summed E-state index contributed by atoms with van der Waals surface area (Å²) in [6.07, 6.45) is -1.11. The van der Waals surface area contributed by atoms with E-state index in [0.717, 1.165) is 5.56 Å². The second-order valence-corrected chi connectivity index (χ2v) is 5.22. The van der Waals surface area contributed by atoms with Crippen molar-refractivity contribution in [2.75, 3.05) is 6.54 Å². The molecule has 1 aromatic carbocycles. The number of benzene rings is 1. The van der Waals surface area contributed by atoms with E-state index in [-0.39, 0.29) is 12.6 Å². The van der Waals surface area contributed by atoms with Gasteiger partial charge < -0.3 is 16.0 Å². The van der Waals surface area contributed by atoms with Crippen molar-refractivity contribution in [3.05, 3.63) is 35.9 Å². The lowest BCUT2D eigenvalue weighted by Crippen LogP contribution is -2.47. The van der Waals surface area contributed by atoms with Crippen LogP contribution < -0.4 is 21.4 Å². The first-order chi connectivity index (χ1) is 11.0. The molecule has 2 aliphatic heterocycles. The number of nitrogens with zero attached hydrogens (tertiary/aromatic N) is 2. The Bertz CT molecular complexity index is 674. The molecule has 2 aliphatic rings. The number of rotatable bonds is 4. The third kappa shape index (κ3) is 3.07. The fraction of sp³-hybridized carbons (Fsp3) is 0.286. The van der Waals surface area contributed by atoms with Crippen LogP contribution in [-0.4, -0.2) is 47.5 Å². The zero-order valence-electron chi connectivity index (χ0n) is 12.4. The molecule has 5 amide bonds. The Morgan fingerprint density at radius 3 is 2.70 bits per heavy atom. The number of hydrazone groups is 1. The van der Waals surface area contributed by atoms with Gasteiger partial charge in [0, 0.05) is 0 Å². The van der Waals surface area contributed by atoms with Crippen LogP contribution in [-0.2, 0) is 4.79 Å². The van der Waals surface area contributed by atoms with Gasteiger partial charge in [0.05, 0.1) is 5.71 Å². The Balaban J connectivity index is 1.59. The van der Waals surface area contributed by atoms with Gasteiger partial charge in [-0.25, -0.2) is 15.0 Å². The molecule has 1 aromatic rings. The number of hydrogen-bond donors (Lipinski definition) is 4. The van der Waals surface area contributed by atoms with Crippen molar-refractivity contribution in [2.24, 2.45) is 5.10 Å². The molecule has 120 valence electrons. The molecule has 9 nitrogen and oxygen atoms in total. The Morgan fingerprint density at radius 1 is 1.22 bits per heavy atom. The van der Waals surface area contributed by atoms with Crippen molar-refractivity contribution in [1.29, 1.82) is 0 Å². The Labute approximate surface area is 132 Å². The van der Waals surface area contributed by atoms with E-state index in [0.29, 0.717) is 5.71 Å². The van der Waals surface area contributed by atoms with Crippen molar-refractivity contribution < 1.29 is 14.4 Å². The van der Waals surface area contributed by atoms with Gasteiger partial charge in [-0.05, 0) is 12.5 Å². The van der Waals surface area contributed by atoms with Crippen LogP contribution in [0.2, 0.25) is 0 Å². The van der Waals surface area contributed by atoms with Gasteiger partial charge in [-0.3, -0.25) is 9.69 Å². The highest BCUT2D eigenvalue weighted by molar-refractivity contribution is 5.99. The summed E-state index contributed by atoms with van der Waals surface area (Å²) < 4.78 is 0. The Kier molecular flexibility index (Phi) is 3.83. The van der Waals surface area contributed by atoms with Crippen LogP contribution in [0.1, 0.15) is 12.5 Å². The number of carbonyl (C=O) groups excluding carboxylic acids is 3. The average molecular weight is 316 g/mol. The normalized spacial score (nSPS) is 23.0. The first-order valence-electron chi connectivity index (χ1n) is 7.07. The molecule has 23 heavy (non-hydrogen) atoms. The molecule has 2 fully saturated rings. The van der Waals surface area contributed by atoms with Gasteiger partial charge in [0.15, 0.2) is 0 Å². The molecule has 2 unspecified atom stereocenters. The Hall–Kier alpha value is -3.10. The standard InChI is InChI=1S/C14H16N6O3/c1-8(9-5-3-2-4-6-9)18-19-10(21)7-20-12-11(16-14(20)23)15-13(22)17-12/h2-6,11-12H,7H2,1H3,(H,16,23)(H,19,21)(H2,15,17,22)/b18-8+. The van der Waals surface area contributed by atoms with Gasteiger partial charge in [0.1, 0.15) is 18.9 Å². The first kappa shape index (κ1) is 14.8. The van der Waals surface area contributed by atoms with Gasteiger partial charge in [0.2, 0.25) is 0 Å². The molecule has 9 heteroatoms. The molecule has 2 atom stereocenters. The molecular formula is C14H16N6O3. The van der Waals surface area contributed by atoms with Gasteiger partial charge in [-0.1, -0.05) is 30.3 Å². The van der Waals surface area contributed by atoms with E-state index in [4.69, 9.17) is 0 Å². The second kappa shape index (κ2) is 5.95. The van der Waals surface area contributed by atoms with Crippen LogP contribution >= 0.6 is 0 Å². The first-order valence-corrected chi connectivity index (χ1v) is 7.07. The minimum atomic E-state index is -0.583. The van der Waals surface area contributed by atoms with Crippen molar-refractivity contribution in [3.8, 4) is 0 Å². The average Bonchev–Trinajstić information content (AvgIpc) is 3.03. The topological polar surface area (TPSA) is 115 Å². The maximum absolute atomic E-state index is 12.0. The van der Waals surface area contributed by atoms with Gasteiger partial charge in [0.25, 0.3) is 5.91 Å². The van der Waals surface area contributed by atoms with Gasteiger partial charge in [-0.15, -0.1) is 0 Å². The molecule has 0 saturated carbocycles. The molecule has 0 bridgehead atoms. The summed E-state index contributed by atoms with van der Waals surface area (Å²) >= 11 is 0. The molecule has 0 aromatic heterocycles. The second-order valence-electron chi connectivity index (χ2n) is 5.22. The van der Waals surface area contributed by atoms with Gasteiger partial charge >= 0.3 is 12.1 Å². The predicted molar refractivity (Wildman–Crippen MR) is 81.3 cm³/mol. The summed E-state index contributed by atoms with van der Waals surface area (Å²) in [5, 5.41) is 11.7. The summed E-state index contributed by atoms with van der Waals surface area (Å²) in [7, 11) is 0. The number of carbonyl (C=O) groups is 3. The summed E-state index contributed by atoms with van der Waals surface area (Å²) in [5.41, 5.74) is 3.95. The smallest absolute Gasteiger partial charge is 0.314 e. The molecular weight excluding hydrogens is 300 g/mol. The van der Waals surface area contributed by atoms with Crippen molar-refractivity contribution >= 4 is 23.7 Å². The van der Waals surface area contributed by atoms with Crippen LogP contribution in [0, 0.1) is 0 Å². The molecule has 3 rings (SSSR count). The zero-order chi connectivity index (χ0) is 16.4. The highest BCUT2D eigenvalue weighted by atomic mass is 16.2. The minimum Gasteiger partial charge on any atom is -0.314 e. The summed E-state index contributed by atoms with van der Waals surface area (Å²) in [6.45, 7) is 1.57. The van der Waals surface area contributed by atoms with E-state index in [1.165, 1.54) is 4.90 Å². The van der Waals surface area contributed by atoms with Crippen LogP contribution in [0.25, 0.3) is 0 Å². The Morgan fingerprint density at radius 2 is 1.96 bits per heavy atom. The van der Waals surface area contributed by atoms with Gasteiger partial charge in [-0.2, -0.15) is 5.10 Å². The van der Waals surface area contributed by atoms with Crippen molar-refractivity contribution in [2.45, 2.75) is 19.3 Å². The van der Waals surface area contributed by atoms with Crippen LogP contribution in [0.5, 0.6) is 0 Å². The lowest BCUT2D eigenvalue weighted by Gasteiger charge is -2.19. The van der Waals surface area contributed by atoms with E-state index >= 15 is 0 Å². The number of amides is 5. The number of fused-ring (bicyclic) bond motifs is 1. The predicted octanol–water partition coefficient (Wildman–Crippen LogP) is -0.483. The fourth-order valence-electron chi connectivity index (χ4n) is 2.44. The van der Waals surface area contributed by atoms with Crippen molar-refractivity contribution in [3.63, 3.8) is 0 Å². The maximum Gasteiger partial charge on any atom is 0.321 e. The highest BCUT2D eigenvalue weighted by Crippen LogP contribution is 2.13. The quantitative estimate of drug-likeness (QED) is 0.444. The lowest BCUT2D eigenvalue weighted by atomic mass is 10.1. The van der Waals surface area contributed by atoms with E-state index in [1.807, 2.05) is 30.3 Å². The number of urea groups is 2. The summed E-state index contributed by atoms with van der Waals surface area (Å²) in [5.74, 6) is -0.447. The SMILES string of the molecule is C/C(=N\NC(=O)CN1C(=O)NC2NC(=O)NC21)c1ccccc1. The molecule has 0 aliphatic carbocycles. The minimum absolute atomic E-state index is 0.208. The number of hydrogen-bond acceptors (Lipinski definition) is 4. The van der Waals surface area contributed by atoms with E-state index in [9.17, 15) is 14.4 Å². The van der Waals surface area contributed by atoms with E-state index in [2.05, 4.69) is 26.5 Å². The third-order valence-electron chi connectivity index (χ3n) is 3.61.